The van der Waals surface area contributed by atoms with E-state index in [-0.39, 0.29) is 31.4 Å². The highest BCUT2D eigenvalue weighted by Gasteiger charge is 2.10. The Morgan fingerprint density at radius 3 is 2.54 bits per heavy atom. The van der Waals surface area contributed by atoms with Crippen LogP contribution in [0, 0.1) is 11.3 Å². The molecule has 1 atom stereocenters. The third-order valence-electron chi connectivity index (χ3n) is 3.51. The zero-order chi connectivity index (χ0) is 15.6. The fourth-order valence-corrected chi connectivity index (χ4v) is 2.21. The number of hydrogen-bond donors (Lipinski definition) is 2. The maximum atomic E-state index is 9.87. The summed E-state index contributed by atoms with van der Waals surface area (Å²) in [5.41, 5.74) is 0.595. The van der Waals surface area contributed by atoms with Crippen LogP contribution in [-0.4, -0.2) is 68.7 Å². The number of rotatable bonds is 8. The van der Waals surface area contributed by atoms with Crippen molar-refractivity contribution < 1.29 is 14.6 Å². The number of nitriles is 1. The third-order valence-corrected chi connectivity index (χ3v) is 3.51. The number of halogens is 2. The Labute approximate surface area is 155 Å². The molecular formula is C16H25Cl2N3O3. The first-order valence-electron chi connectivity index (χ1n) is 7.60. The highest BCUT2D eigenvalue weighted by molar-refractivity contribution is 5.85. The van der Waals surface area contributed by atoms with Gasteiger partial charge in [-0.2, -0.15) is 5.26 Å². The molecule has 0 amide bonds. The molecule has 2 rings (SSSR count). The Kier molecular flexibility index (Phi) is 12.7. The van der Waals surface area contributed by atoms with Crippen molar-refractivity contribution in [1.82, 2.24) is 10.2 Å². The van der Waals surface area contributed by atoms with E-state index in [0.717, 1.165) is 39.4 Å². The minimum Gasteiger partial charge on any atom is -0.491 e. The normalized spacial score (nSPS) is 15.5. The summed E-state index contributed by atoms with van der Waals surface area (Å²) in [6.45, 7) is 6.11. The van der Waals surface area contributed by atoms with Crippen LogP contribution < -0.4 is 10.1 Å². The third kappa shape index (κ3) is 8.69. The summed E-state index contributed by atoms with van der Waals surface area (Å²) >= 11 is 0. The predicted octanol–water partition coefficient (Wildman–Crippen LogP) is 1.06. The fourth-order valence-electron chi connectivity index (χ4n) is 2.21. The van der Waals surface area contributed by atoms with Gasteiger partial charge in [-0.1, -0.05) is 0 Å². The molecule has 136 valence electrons. The number of aliphatic hydroxyl groups excluding tert-OH is 1. The topological polar surface area (TPSA) is 77.8 Å². The summed E-state index contributed by atoms with van der Waals surface area (Å²) in [7, 11) is 0. The van der Waals surface area contributed by atoms with Gasteiger partial charge in [-0.3, -0.25) is 4.90 Å². The molecule has 6 nitrogen and oxygen atoms in total. The number of benzene rings is 1. The van der Waals surface area contributed by atoms with Gasteiger partial charge in [0.05, 0.1) is 24.8 Å². The summed E-state index contributed by atoms with van der Waals surface area (Å²) in [4.78, 5) is 2.34. The smallest absolute Gasteiger partial charge is 0.119 e. The van der Waals surface area contributed by atoms with E-state index in [1.165, 1.54) is 0 Å². The second kappa shape index (κ2) is 13.2. The van der Waals surface area contributed by atoms with Crippen molar-refractivity contribution in [2.45, 2.75) is 6.10 Å². The van der Waals surface area contributed by atoms with Crippen molar-refractivity contribution in [3.05, 3.63) is 29.8 Å². The lowest BCUT2D eigenvalue weighted by Crippen LogP contribution is -2.41. The van der Waals surface area contributed by atoms with Gasteiger partial charge in [0.1, 0.15) is 18.5 Å². The van der Waals surface area contributed by atoms with Gasteiger partial charge in [0.2, 0.25) is 0 Å². The molecule has 0 radical (unpaired) electrons. The molecule has 1 unspecified atom stereocenters. The van der Waals surface area contributed by atoms with Crippen molar-refractivity contribution >= 4 is 24.8 Å². The molecule has 0 aromatic heterocycles. The van der Waals surface area contributed by atoms with E-state index in [1.807, 2.05) is 0 Å². The van der Waals surface area contributed by atoms with Crippen molar-refractivity contribution in [2.75, 3.05) is 52.5 Å². The number of aliphatic hydroxyl groups is 1. The van der Waals surface area contributed by atoms with Crippen LogP contribution in [0.1, 0.15) is 5.56 Å². The van der Waals surface area contributed by atoms with Crippen LogP contribution in [0.4, 0.5) is 0 Å². The molecule has 1 aromatic carbocycles. The molecule has 0 saturated carbocycles. The van der Waals surface area contributed by atoms with E-state index in [1.54, 1.807) is 24.3 Å². The molecule has 1 aliphatic rings. The molecule has 0 spiro atoms. The Bertz CT molecular complexity index is 476. The van der Waals surface area contributed by atoms with E-state index >= 15 is 0 Å². The largest absolute Gasteiger partial charge is 0.491 e. The molecule has 1 aliphatic heterocycles. The van der Waals surface area contributed by atoms with E-state index in [9.17, 15) is 5.11 Å². The lowest BCUT2D eigenvalue weighted by molar-refractivity contribution is 0.0376. The molecule has 24 heavy (non-hydrogen) atoms. The summed E-state index contributed by atoms with van der Waals surface area (Å²) < 4.78 is 10.8. The van der Waals surface area contributed by atoms with Crippen LogP contribution >= 0.6 is 24.8 Å². The maximum Gasteiger partial charge on any atom is 0.119 e. The number of morpholine rings is 1. The average Bonchev–Trinajstić information content (AvgIpc) is 2.58. The van der Waals surface area contributed by atoms with Crippen LogP contribution in [-0.2, 0) is 4.74 Å². The van der Waals surface area contributed by atoms with Crippen LogP contribution in [0.3, 0.4) is 0 Å². The van der Waals surface area contributed by atoms with Crippen molar-refractivity contribution in [3.63, 3.8) is 0 Å². The van der Waals surface area contributed by atoms with Gasteiger partial charge in [-0.15, -0.1) is 24.8 Å². The first-order valence-corrected chi connectivity index (χ1v) is 7.60. The predicted molar refractivity (Wildman–Crippen MR) is 97.3 cm³/mol. The monoisotopic (exact) mass is 377 g/mol. The number of ether oxygens (including phenoxy) is 2. The first-order chi connectivity index (χ1) is 10.8. The molecule has 2 N–H and O–H groups in total. The van der Waals surface area contributed by atoms with E-state index in [0.29, 0.717) is 17.9 Å². The highest BCUT2D eigenvalue weighted by atomic mass is 35.5. The Morgan fingerprint density at radius 2 is 1.92 bits per heavy atom. The van der Waals surface area contributed by atoms with Gasteiger partial charge in [0.15, 0.2) is 0 Å². The van der Waals surface area contributed by atoms with Gasteiger partial charge >= 0.3 is 0 Å². The number of nitrogens with one attached hydrogen (secondary N) is 1. The minimum absolute atomic E-state index is 0. The quantitative estimate of drug-likeness (QED) is 0.659. The lowest BCUT2D eigenvalue weighted by Gasteiger charge is -2.26. The van der Waals surface area contributed by atoms with Crippen LogP contribution in [0.2, 0.25) is 0 Å². The van der Waals surface area contributed by atoms with Crippen molar-refractivity contribution in [2.24, 2.45) is 0 Å². The molecule has 1 aromatic rings. The molecular weight excluding hydrogens is 353 g/mol. The fraction of sp³-hybridized carbons (Fsp3) is 0.562. The second-order valence-corrected chi connectivity index (χ2v) is 5.26. The summed E-state index contributed by atoms with van der Waals surface area (Å²) in [6.07, 6.45) is -0.555. The zero-order valence-electron chi connectivity index (χ0n) is 13.5. The SMILES string of the molecule is Cl.Cl.N#Cc1ccc(OCC(O)CNCCN2CCOCC2)cc1. The van der Waals surface area contributed by atoms with Crippen molar-refractivity contribution in [1.29, 1.82) is 5.26 Å². The average molecular weight is 378 g/mol. The van der Waals surface area contributed by atoms with Crippen molar-refractivity contribution in [3.8, 4) is 11.8 Å². The Hall–Kier alpha value is -1.07. The van der Waals surface area contributed by atoms with Crippen LogP contribution in [0.25, 0.3) is 0 Å². The summed E-state index contributed by atoms with van der Waals surface area (Å²) in [6, 6.07) is 8.91. The highest BCUT2D eigenvalue weighted by Crippen LogP contribution is 2.11. The van der Waals surface area contributed by atoms with Gasteiger partial charge in [-0.25, -0.2) is 0 Å². The van der Waals surface area contributed by atoms with E-state index in [2.05, 4.69) is 16.3 Å². The molecule has 1 saturated heterocycles. The van der Waals surface area contributed by atoms with Gasteiger partial charge in [-0.05, 0) is 24.3 Å². The maximum absolute atomic E-state index is 9.87. The van der Waals surface area contributed by atoms with Gasteiger partial charge < -0.3 is 19.9 Å². The number of nitrogens with zero attached hydrogens (tertiary/aromatic N) is 2. The summed E-state index contributed by atoms with van der Waals surface area (Å²) in [5, 5.41) is 21.8. The van der Waals surface area contributed by atoms with E-state index in [4.69, 9.17) is 14.7 Å². The first kappa shape index (κ1) is 22.9. The minimum atomic E-state index is -0.555. The molecule has 8 heteroatoms. The lowest BCUT2D eigenvalue weighted by atomic mass is 10.2. The second-order valence-electron chi connectivity index (χ2n) is 5.26. The Balaban J connectivity index is 0.00000264. The Morgan fingerprint density at radius 1 is 1.25 bits per heavy atom. The number of hydrogen-bond acceptors (Lipinski definition) is 6. The molecule has 0 aliphatic carbocycles. The zero-order valence-corrected chi connectivity index (χ0v) is 15.2. The molecule has 1 fully saturated rings. The molecule has 0 bridgehead atoms. The van der Waals surface area contributed by atoms with Crippen LogP contribution in [0.5, 0.6) is 5.75 Å². The molecule has 1 heterocycles. The van der Waals surface area contributed by atoms with Gasteiger partial charge in [0.25, 0.3) is 0 Å². The summed E-state index contributed by atoms with van der Waals surface area (Å²) in [5.74, 6) is 0.659. The van der Waals surface area contributed by atoms with E-state index < -0.39 is 6.10 Å². The van der Waals surface area contributed by atoms with Crippen LogP contribution in [0.15, 0.2) is 24.3 Å². The standard InChI is InChI=1S/C16H23N3O3.2ClH/c17-11-14-1-3-16(4-2-14)22-13-15(20)12-18-5-6-19-7-9-21-10-8-19;;/h1-4,15,18,20H,5-10,12-13H2;2*1H. The van der Waals surface area contributed by atoms with Gasteiger partial charge in [0, 0.05) is 32.7 Å².